The summed E-state index contributed by atoms with van der Waals surface area (Å²) in [6.45, 7) is 10.4. The third kappa shape index (κ3) is 7.39. The maximum absolute atomic E-state index is 13.3. The smallest absolute Gasteiger partial charge is 0.261 e. The predicted octanol–water partition coefficient (Wildman–Crippen LogP) is 4.40. The summed E-state index contributed by atoms with van der Waals surface area (Å²) in [6, 6.07) is 11.0. The minimum Gasteiger partial charge on any atom is -0.484 e. The van der Waals surface area contributed by atoms with Crippen molar-refractivity contribution in [3.8, 4) is 5.75 Å². The molecule has 2 rings (SSSR count). The molecule has 1 N–H and O–H groups in total. The fraction of sp³-hybridized carbons (Fsp3) is 0.440. The Balaban J connectivity index is 2.19. The number of carbonyl (C=O) groups is 2. The van der Waals surface area contributed by atoms with Gasteiger partial charge in [-0.2, -0.15) is 0 Å². The van der Waals surface area contributed by atoms with Gasteiger partial charge < -0.3 is 15.0 Å². The van der Waals surface area contributed by atoms with Crippen molar-refractivity contribution in [1.82, 2.24) is 10.2 Å². The SMILES string of the molecule is CC[C@H](C(=O)NCC(C)C)N(Cc1ccc(F)cc1)C(=O)COc1ccc(C)c(C)c1. The fourth-order valence-corrected chi connectivity index (χ4v) is 3.16. The zero-order valence-electron chi connectivity index (χ0n) is 19.1. The van der Waals surface area contributed by atoms with E-state index < -0.39 is 6.04 Å². The highest BCUT2D eigenvalue weighted by molar-refractivity contribution is 5.88. The summed E-state index contributed by atoms with van der Waals surface area (Å²) in [5.41, 5.74) is 2.97. The molecule has 0 heterocycles. The number of nitrogens with one attached hydrogen (secondary N) is 1. The first-order valence-corrected chi connectivity index (χ1v) is 10.7. The quantitative estimate of drug-likeness (QED) is 0.610. The van der Waals surface area contributed by atoms with Gasteiger partial charge in [0, 0.05) is 13.1 Å². The lowest BCUT2D eigenvalue weighted by Crippen LogP contribution is -2.50. The van der Waals surface area contributed by atoms with Crippen LogP contribution < -0.4 is 10.1 Å². The Morgan fingerprint density at radius 2 is 1.74 bits per heavy atom. The lowest BCUT2D eigenvalue weighted by atomic mass is 10.1. The van der Waals surface area contributed by atoms with Crippen LogP contribution in [0.5, 0.6) is 5.75 Å². The summed E-state index contributed by atoms with van der Waals surface area (Å²) >= 11 is 0. The van der Waals surface area contributed by atoms with Gasteiger partial charge in [-0.1, -0.05) is 39.0 Å². The zero-order chi connectivity index (χ0) is 23.0. The van der Waals surface area contributed by atoms with Crippen LogP contribution in [0.1, 0.15) is 43.9 Å². The molecule has 31 heavy (non-hydrogen) atoms. The lowest BCUT2D eigenvalue weighted by molar-refractivity contribution is -0.143. The van der Waals surface area contributed by atoms with E-state index in [0.29, 0.717) is 24.6 Å². The Hall–Kier alpha value is -2.89. The molecule has 0 saturated heterocycles. The summed E-state index contributed by atoms with van der Waals surface area (Å²) in [6.07, 6.45) is 0.459. The minimum atomic E-state index is -0.639. The highest BCUT2D eigenvalue weighted by Crippen LogP contribution is 2.18. The molecule has 0 unspecified atom stereocenters. The summed E-state index contributed by atoms with van der Waals surface area (Å²) in [4.78, 5) is 27.5. The van der Waals surface area contributed by atoms with Crippen LogP contribution in [0.3, 0.4) is 0 Å². The number of rotatable bonds is 10. The van der Waals surface area contributed by atoms with Gasteiger partial charge in [0.25, 0.3) is 5.91 Å². The van der Waals surface area contributed by atoms with Crippen LogP contribution >= 0.6 is 0 Å². The van der Waals surface area contributed by atoms with Crippen molar-refractivity contribution in [2.75, 3.05) is 13.2 Å². The largest absolute Gasteiger partial charge is 0.484 e. The van der Waals surface area contributed by atoms with Crippen molar-refractivity contribution >= 4 is 11.8 Å². The molecular formula is C25H33FN2O3. The van der Waals surface area contributed by atoms with E-state index in [4.69, 9.17) is 4.74 Å². The first-order chi connectivity index (χ1) is 14.7. The summed E-state index contributed by atoms with van der Waals surface area (Å²) in [5, 5.41) is 2.92. The number of ether oxygens (including phenoxy) is 1. The van der Waals surface area contributed by atoms with Crippen molar-refractivity contribution in [2.45, 2.75) is 53.6 Å². The molecule has 0 aliphatic rings. The van der Waals surface area contributed by atoms with Crippen molar-refractivity contribution in [3.63, 3.8) is 0 Å². The average molecular weight is 429 g/mol. The summed E-state index contributed by atoms with van der Waals surface area (Å²) in [7, 11) is 0. The fourth-order valence-electron chi connectivity index (χ4n) is 3.16. The first-order valence-electron chi connectivity index (χ1n) is 10.7. The third-order valence-electron chi connectivity index (χ3n) is 5.18. The van der Waals surface area contributed by atoms with Crippen molar-refractivity contribution in [1.29, 1.82) is 0 Å². The normalized spacial score (nSPS) is 11.8. The second kappa shape index (κ2) is 11.5. The van der Waals surface area contributed by atoms with Gasteiger partial charge in [0.1, 0.15) is 17.6 Å². The molecular weight excluding hydrogens is 395 g/mol. The van der Waals surface area contributed by atoms with Gasteiger partial charge in [0.05, 0.1) is 0 Å². The molecule has 0 aromatic heterocycles. The molecule has 0 bridgehead atoms. The van der Waals surface area contributed by atoms with Gasteiger partial charge in [-0.05, 0) is 67.1 Å². The van der Waals surface area contributed by atoms with E-state index in [0.717, 1.165) is 16.7 Å². The number of carbonyl (C=O) groups excluding carboxylic acids is 2. The third-order valence-corrected chi connectivity index (χ3v) is 5.18. The second-order valence-corrected chi connectivity index (χ2v) is 8.25. The average Bonchev–Trinajstić information content (AvgIpc) is 2.74. The molecule has 0 spiro atoms. The molecule has 2 amide bonds. The highest BCUT2D eigenvalue weighted by atomic mass is 19.1. The maximum Gasteiger partial charge on any atom is 0.261 e. The summed E-state index contributed by atoms with van der Waals surface area (Å²) in [5.74, 6) is 0.0691. The van der Waals surface area contributed by atoms with Crippen LogP contribution in [0, 0.1) is 25.6 Å². The Bertz CT molecular complexity index is 881. The van der Waals surface area contributed by atoms with Crippen LogP contribution in [-0.4, -0.2) is 35.9 Å². The van der Waals surface area contributed by atoms with Crippen LogP contribution in [-0.2, 0) is 16.1 Å². The van der Waals surface area contributed by atoms with Gasteiger partial charge in [0.2, 0.25) is 5.91 Å². The monoisotopic (exact) mass is 428 g/mol. The molecule has 0 aliphatic carbocycles. The Labute approximate surface area is 184 Å². The van der Waals surface area contributed by atoms with Gasteiger partial charge in [-0.3, -0.25) is 9.59 Å². The molecule has 1 atom stereocenters. The van der Waals surface area contributed by atoms with Gasteiger partial charge in [-0.15, -0.1) is 0 Å². The molecule has 2 aromatic rings. The zero-order valence-corrected chi connectivity index (χ0v) is 19.1. The predicted molar refractivity (Wildman–Crippen MR) is 120 cm³/mol. The van der Waals surface area contributed by atoms with Crippen LogP contribution in [0.2, 0.25) is 0 Å². The minimum absolute atomic E-state index is 0.183. The molecule has 0 saturated carbocycles. The standard InChI is InChI=1S/C25H33FN2O3/c1-6-23(25(30)27-14-17(2)3)28(15-20-8-10-21(26)11-9-20)24(29)16-31-22-12-7-18(4)19(5)13-22/h7-13,17,23H,6,14-16H2,1-5H3,(H,27,30)/t23-/m1/s1. The topological polar surface area (TPSA) is 58.6 Å². The maximum atomic E-state index is 13.3. The van der Waals surface area contributed by atoms with Crippen molar-refractivity contribution in [3.05, 3.63) is 65.0 Å². The molecule has 6 heteroatoms. The number of benzene rings is 2. The Kier molecular flexibility index (Phi) is 9.03. The molecule has 0 radical (unpaired) electrons. The molecule has 0 fully saturated rings. The second-order valence-electron chi connectivity index (χ2n) is 8.25. The highest BCUT2D eigenvalue weighted by Gasteiger charge is 2.29. The number of nitrogens with zero attached hydrogens (tertiary/aromatic N) is 1. The van der Waals surface area contributed by atoms with E-state index in [1.165, 1.54) is 17.0 Å². The Morgan fingerprint density at radius 3 is 2.32 bits per heavy atom. The first kappa shape index (κ1) is 24.4. The van der Waals surface area contributed by atoms with E-state index in [9.17, 15) is 14.0 Å². The number of aryl methyl sites for hydroxylation is 2. The van der Waals surface area contributed by atoms with Crippen molar-refractivity contribution < 1.29 is 18.7 Å². The van der Waals surface area contributed by atoms with Crippen molar-refractivity contribution in [2.24, 2.45) is 5.92 Å². The van der Waals surface area contributed by atoms with Gasteiger partial charge >= 0.3 is 0 Å². The number of hydrogen-bond acceptors (Lipinski definition) is 3. The summed E-state index contributed by atoms with van der Waals surface area (Å²) < 4.78 is 19.0. The number of halogens is 1. The molecule has 2 aromatic carbocycles. The molecule has 5 nitrogen and oxygen atoms in total. The van der Waals surface area contributed by atoms with E-state index in [1.807, 2.05) is 52.8 Å². The van der Waals surface area contributed by atoms with Crippen LogP contribution in [0.25, 0.3) is 0 Å². The van der Waals surface area contributed by atoms with Crippen LogP contribution in [0.15, 0.2) is 42.5 Å². The van der Waals surface area contributed by atoms with E-state index in [-0.39, 0.29) is 30.8 Å². The van der Waals surface area contributed by atoms with E-state index >= 15 is 0 Å². The van der Waals surface area contributed by atoms with E-state index in [2.05, 4.69) is 5.32 Å². The lowest BCUT2D eigenvalue weighted by Gasteiger charge is -2.30. The molecule has 168 valence electrons. The van der Waals surface area contributed by atoms with Gasteiger partial charge in [-0.25, -0.2) is 4.39 Å². The van der Waals surface area contributed by atoms with Crippen LogP contribution in [0.4, 0.5) is 4.39 Å². The molecule has 0 aliphatic heterocycles. The van der Waals surface area contributed by atoms with E-state index in [1.54, 1.807) is 12.1 Å². The number of hydrogen-bond donors (Lipinski definition) is 1. The Morgan fingerprint density at radius 1 is 1.06 bits per heavy atom. The van der Waals surface area contributed by atoms with Gasteiger partial charge in [0.15, 0.2) is 6.61 Å². The number of amides is 2.